The lowest BCUT2D eigenvalue weighted by Crippen LogP contribution is -2.04. The SMILES string of the molecule is Oc1ccn2c(-c3ccc(C(F)(F)F)cc3)ncc2c1. The molecule has 3 nitrogen and oxygen atoms in total. The summed E-state index contributed by atoms with van der Waals surface area (Å²) < 4.78 is 39.2. The number of aromatic hydroxyl groups is 1. The fraction of sp³-hybridized carbons (Fsp3) is 0.0714. The van der Waals surface area contributed by atoms with E-state index in [2.05, 4.69) is 4.98 Å². The van der Waals surface area contributed by atoms with Crippen LogP contribution in [0, 0.1) is 0 Å². The molecule has 0 aliphatic heterocycles. The topological polar surface area (TPSA) is 37.5 Å². The van der Waals surface area contributed by atoms with Crippen molar-refractivity contribution in [1.82, 2.24) is 9.38 Å². The monoisotopic (exact) mass is 278 g/mol. The van der Waals surface area contributed by atoms with E-state index in [0.717, 1.165) is 12.1 Å². The lowest BCUT2D eigenvalue weighted by atomic mass is 10.1. The van der Waals surface area contributed by atoms with Crippen LogP contribution in [0.5, 0.6) is 5.75 Å². The van der Waals surface area contributed by atoms with E-state index in [9.17, 15) is 18.3 Å². The van der Waals surface area contributed by atoms with Crippen molar-refractivity contribution < 1.29 is 18.3 Å². The first-order valence-corrected chi connectivity index (χ1v) is 5.79. The molecule has 0 radical (unpaired) electrons. The van der Waals surface area contributed by atoms with E-state index < -0.39 is 11.7 Å². The number of aromatic nitrogens is 2. The van der Waals surface area contributed by atoms with E-state index in [1.54, 1.807) is 16.8 Å². The Morgan fingerprint density at radius 1 is 1.05 bits per heavy atom. The van der Waals surface area contributed by atoms with Crippen molar-refractivity contribution in [3.8, 4) is 17.1 Å². The molecule has 1 N–H and O–H groups in total. The molecule has 0 fully saturated rings. The molecule has 6 heteroatoms. The highest BCUT2D eigenvalue weighted by Crippen LogP contribution is 2.31. The minimum absolute atomic E-state index is 0.108. The van der Waals surface area contributed by atoms with Gasteiger partial charge in [-0.15, -0.1) is 0 Å². The van der Waals surface area contributed by atoms with Gasteiger partial charge in [-0.1, -0.05) is 12.1 Å². The van der Waals surface area contributed by atoms with Crippen LogP contribution >= 0.6 is 0 Å². The van der Waals surface area contributed by atoms with Gasteiger partial charge in [0.1, 0.15) is 11.6 Å². The van der Waals surface area contributed by atoms with Gasteiger partial charge in [-0.05, 0) is 18.2 Å². The quantitative estimate of drug-likeness (QED) is 0.736. The minimum Gasteiger partial charge on any atom is -0.508 e. The number of pyridine rings is 1. The average Bonchev–Trinajstić information content (AvgIpc) is 2.80. The number of hydrogen-bond acceptors (Lipinski definition) is 2. The smallest absolute Gasteiger partial charge is 0.416 e. The summed E-state index contributed by atoms with van der Waals surface area (Å²) in [5, 5.41) is 9.37. The van der Waals surface area contributed by atoms with Crippen LogP contribution < -0.4 is 0 Å². The molecule has 3 aromatic rings. The van der Waals surface area contributed by atoms with Crippen LogP contribution in [0.25, 0.3) is 16.9 Å². The third-order valence-corrected chi connectivity index (χ3v) is 2.99. The molecule has 0 saturated heterocycles. The maximum absolute atomic E-state index is 12.5. The van der Waals surface area contributed by atoms with Gasteiger partial charge >= 0.3 is 6.18 Å². The predicted octanol–water partition coefficient (Wildman–Crippen LogP) is 3.73. The first kappa shape index (κ1) is 12.5. The van der Waals surface area contributed by atoms with Crippen molar-refractivity contribution in [2.75, 3.05) is 0 Å². The van der Waals surface area contributed by atoms with Gasteiger partial charge in [0.05, 0.1) is 17.3 Å². The van der Waals surface area contributed by atoms with Gasteiger partial charge in [0.15, 0.2) is 0 Å². The summed E-state index contributed by atoms with van der Waals surface area (Å²) in [7, 11) is 0. The summed E-state index contributed by atoms with van der Waals surface area (Å²) in [6.07, 6.45) is -1.18. The second-order valence-corrected chi connectivity index (χ2v) is 4.34. The zero-order valence-electron chi connectivity index (χ0n) is 10.1. The summed E-state index contributed by atoms with van der Waals surface area (Å²) in [4.78, 5) is 4.17. The molecule has 0 bridgehead atoms. The van der Waals surface area contributed by atoms with Gasteiger partial charge in [0, 0.05) is 17.8 Å². The molecule has 0 amide bonds. The van der Waals surface area contributed by atoms with Gasteiger partial charge in [-0.25, -0.2) is 4.98 Å². The number of benzene rings is 1. The number of halogens is 3. The Hall–Kier alpha value is -2.50. The Kier molecular flexibility index (Phi) is 2.67. The molecular weight excluding hydrogens is 269 g/mol. The lowest BCUT2D eigenvalue weighted by molar-refractivity contribution is -0.137. The highest BCUT2D eigenvalue weighted by atomic mass is 19.4. The number of nitrogens with zero attached hydrogens (tertiary/aromatic N) is 2. The fourth-order valence-electron chi connectivity index (χ4n) is 2.01. The summed E-state index contributed by atoms with van der Waals surface area (Å²) in [5.41, 5.74) is 0.545. The van der Waals surface area contributed by atoms with E-state index in [1.165, 1.54) is 24.3 Å². The van der Waals surface area contributed by atoms with Crippen LogP contribution in [0.3, 0.4) is 0 Å². The molecular formula is C14H9F3N2O. The largest absolute Gasteiger partial charge is 0.508 e. The molecule has 3 rings (SSSR count). The molecule has 1 aromatic carbocycles. The third kappa shape index (κ3) is 2.09. The molecule has 2 heterocycles. The number of fused-ring (bicyclic) bond motifs is 1. The van der Waals surface area contributed by atoms with Crippen molar-refractivity contribution in [2.45, 2.75) is 6.18 Å². The zero-order valence-corrected chi connectivity index (χ0v) is 10.1. The van der Waals surface area contributed by atoms with Crippen molar-refractivity contribution >= 4 is 5.52 Å². The Labute approximate surface area is 111 Å². The Bertz CT molecular complexity index is 760. The molecule has 0 aliphatic rings. The maximum atomic E-state index is 12.5. The molecule has 20 heavy (non-hydrogen) atoms. The van der Waals surface area contributed by atoms with Crippen molar-refractivity contribution in [1.29, 1.82) is 0 Å². The van der Waals surface area contributed by atoms with Gasteiger partial charge in [0.25, 0.3) is 0 Å². The number of alkyl halides is 3. The van der Waals surface area contributed by atoms with E-state index in [4.69, 9.17) is 0 Å². The summed E-state index contributed by atoms with van der Waals surface area (Å²) in [6.45, 7) is 0. The standard InChI is InChI=1S/C14H9F3N2O/c15-14(16,17)10-3-1-9(2-4-10)13-18-8-11-7-12(20)5-6-19(11)13/h1-8,20H. The molecule has 102 valence electrons. The van der Waals surface area contributed by atoms with Gasteiger partial charge in [-0.3, -0.25) is 4.40 Å². The van der Waals surface area contributed by atoms with E-state index in [-0.39, 0.29) is 5.75 Å². The minimum atomic E-state index is -4.35. The van der Waals surface area contributed by atoms with Crippen LogP contribution in [0.1, 0.15) is 5.56 Å². The normalized spacial score (nSPS) is 11.9. The Morgan fingerprint density at radius 3 is 2.40 bits per heavy atom. The van der Waals surface area contributed by atoms with E-state index in [1.807, 2.05) is 0 Å². The Balaban J connectivity index is 2.07. The highest BCUT2D eigenvalue weighted by Gasteiger charge is 2.30. The molecule has 2 aromatic heterocycles. The van der Waals surface area contributed by atoms with Crippen LogP contribution in [0.2, 0.25) is 0 Å². The van der Waals surface area contributed by atoms with Crippen molar-refractivity contribution in [2.24, 2.45) is 0 Å². The first-order valence-electron chi connectivity index (χ1n) is 5.79. The fourth-order valence-corrected chi connectivity index (χ4v) is 2.01. The highest BCUT2D eigenvalue weighted by molar-refractivity contribution is 5.63. The van der Waals surface area contributed by atoms with Crippen molar-refractivity contribution in [3.05, 3.63) is 54.4 Å². The molecule has 0 atom stereocenters. The van der Waals surface area contributed by atoms with Crippen molar-refractivity contribution in [3.63, 3.8) is 0 Å². The summed E-state index contributed by atoms with van der Waals surface area (Å²) >= 11 is 0. The molecule has 0 saturated carbocycles. The van der Waals surface area contributed by atoms with Crippen LogP contribution in [0.4, 0.5) is 13.2 Å². The zero-order chi connectivity index (χ0) is 14.3. The third-order valence-electron chi connectivity index (χ3n) is 2.99. The van der Waals surface area contributed by atoms with Gasteiger partial charge < -0.3 is 5.11 Å². The number of rotatable bonds is 1. The second-order valence-electron chi connectivity index (χ2n) is 4.34. The van der Waals surface area contributed by atoms with Gasteiger partial charge in [-0.2, -0.15) is 13.2 Å². The number of hydrogen-bond donors (Lipinski definition) is 1. The molecule has 0 spiro atoms. The van der Waals surface area contributed by atoms with Gasteiger partial charge in [0.2, 0.25) is 0 Å². The summed E-state index contributed by atoms with van der Waals surface area (Å²) in [5.74, 6) is 0.630. The van der Waals surface area contributed by atoms with Crippen LogP contribution in [0.15, 0.2) is 48.8 Å². The van der Waals surface area contributed by atoms with Crippen LogP contribution in [-0.4, -0.2) is 14.5 Å². The first-order chi connectivity index (χ1) is 9.45. The average molecular weight is 278 g/mol. The summed E-state index contributed by atoms with van der Waals surface area (Å²) in [6, 6.07) is 7.82. The van der Waals surface area contributed by atoms with Crippen LogP contribution in [-0.2, 0) is 6.18 Å². The predicted molar refractivity (Wildman–Crippen MR) is 67.3 cm³/mol. The molecule has 0 unspecified atom stereocenters. The number of imidazole rings is 1. The van der Waals surface area contributed by atoms with E-state index >= 15 is 0 Å². The van der Waals surface area contributed by atoms with E-state index in [0.29, 0.717) is 16.9 Å². The maximum Gasteiger partial charge on any atom is 0.416 e. The second kappa shape index (κ2) is 4.26. The lowest BCUT2D eigenvalue weighted by Gasteiger charge is -2.07. The Morgan fingerprint density at radius 2 is 1.75 bits per heavy atom. The molecule has 0 aliphatic carbocycles.